The first-order valence-electron chi connectivity index (χ1n) is 8.96. The zero-order valence-corrected chi connectivity index (χ0v) is 14.8. The van der Waals surface area contributed by atoms with Crippen LogP contribution in [-0.4, -0.2) is 41.5 Å². The van der Waals surface area contributed by atoms with Crippen molar-refractivity contribution >= 4 is 5.91 Å². The summed E-state index contributed by atoms with van der Waals surface area (Å²) in [5.74, 6) is 0.156. The Morgan fingerprint density at radius 1 is 1.35 bits per heavy atom. The highest BCUT2D eigenvalue weighted by Gasteiger charge is 2.18. The molecule has 1 N–H and O–H groups in total. The molecule has 0 spiro atoms. The Morgan fingerprint density at radius 2 is 2.04 bits per heavy atom. The number of carbonyl (C=O) groups is 1. The van der Waals surface area contributed by atoms with Crippen LogP contribution < -0.4 is 5.32 Å². The number of aromatic nitrogens is 1. The summed E-state index contributed by atoms with van der Waals surface area (Å²) in [5, 5.41) is 3.22. The van der Waals surface area contributed by atoms with Crippen LogP contribution in [0.5, 0.6) is 0 Å². The molecular formula is C19H31N3O. The van der Waals surface area contributed by atoms with Crippen molar-refractivity contribution in [3.63, 3.8) is 0 Å². The number of nitrogens with one attached hydrogen (secondary N) is 1. The minimum atomic E-state index is 0.156. The summed E-state index contributed by atoms with van der Waals surface area (Å²) in [6.07, 6.45) is 10.1. The number of nitrogens with zero attached hydrogens (tertiary/aromatic N) is 2. The van der Waals surface area contributed by atoms with Crippen molar-refractivity contribution in [3.05, 3.63) is 29.6 Å². The second-order valence-electron chi connectivity index (χ2n) is 6.99. The molecule has 4 nitrogen and oxygen atoms in total. The fourth-order valence-electron chi connectivity index (χ4n) is 3.25. The largest absolute Gasteiger partial charge is 0.352 e. The first-order chi connectivity index (χ1) is 11.1. The molecule has 1 heterocycles. The molecule has 1 aromatic heterocycles. The van der Waals surface area contributed by atoms with E-state index in [4.69, 9.17) is 0 Å². The van der Waals surface area contributed by atoms with Gasteiger partial charge in [0, 0.05) is 30.4 Å². The molecule has 0 unspecified atom stereocenters. The van der Waals surface area contributed by atoms with Crippen molar-refractivity contribution in [2.75, 3.05) is 13.6 Å². The highest BCUT2D eigenvalue weighted by Crippen LogP contribution is 2.17. The maximum atomic E-state index is 12.3. The summed E-state index contributed by atoms with van der Waals surface area (Å²) in [7, 11) is 2.02. The van der Waals surface area contributed by atoms with E-state index >= 15 is 0 Å². The average Bonchev–Trinajstić information content (AvgIpc) is 2.78. The molecule has 1 amide bonds. The molecule has 0 bridgehead atoms. The van der Waals surface area contributed by atoms with Crippen LogP contribution in [0, 0.1) is 6.92 Å². The number of aryl methyl sites for hydroxylation is 1. The molecule has 23 heavy (non-hydrogen) atoms. The standard InChI is InChI=1S/C19H31N3O/c1-15-9-8-12-20-18(15)13-16(2)22(3)14-19(23)21-17-10-6-4-5-7-11-17/h8-9,12,16-17H,4-7,10-11,13-14H2,1-3H3,(H,21,23)/t16-/m1/s1. The predicted molar refractivity (Wildman–Crippen MR) is 94.4 cm³/mol. The van der Waals surface area contributed by atoms with Crippen molar-refractivity contribution in [3.8, 4) is 0 Å². The number of pyridine rings is 1. The van der Waals surface area contributed by atoms with Crippen molar-refractivity contribution < 1.29 is 4.79 Å². The Morgan fingerprint density at radius 3 is 2.70 bits per heavy atom. The van der Waals surface area contributed by atoms with Gasteiger partial charge < -0.3 is 5.32 Å². The summed E-state index contributed by atoms with van der Waals surface area (Å²) in [5.41, 5.74) is 2.34. The number of hydrogen-bond donors (Lipinski definition) is 1. The Kier molecular flexibility index (Phi) is 7.03. The summed E-state index contributed by atoms with van der Waals surface area (Å²) < 4.78 is 0. The summed E-state index contributed by atoms with van der Waals surface area (Å²) in [6.45, 7) is 4.71. The van der Waals surface area contributed by atoms with Crippen molar-refractivity contribution in [2.45, 2.75) is 70.9 Å². The third-order valence-electron chi connectivity index (χ3n) is 4.97. The topological polar surface area (TPSA) is 45.2 Å². The molecule has 1 aliphatic rings. The van der Waals surface area contributed by atoms with E-state index in [1.54, 1.807) is 0 Å². The van der Waals surface area contributed by atoms with Gasteiger partial charge in [-0.15, -0.1) is 0 Å². The van der Waals surface area contributed by atoms with E-state index in [0.717, 1.165) is 25.0 Å². The smallest absolute Gasteiger partial charge is 0.234 e. The van der Waals surface area contributed by atoms with Crippen molar-refractivity contribution in [1.29, 1.82) is 0 Å². The summed E-state index contributed by atoms with van der Waals surface area (Å²) in [4.78, 5) is 18.9. The van der Waals surface area contributed by atoms with E-state index in [-0.39, 0.29) is 5.91 Å². The second-order valence-corrected chi connectivity index (χ2v) is 6.99. The zero-order chi connectivity index (χ0) is 16.7. The van der Waals surface area contributed by atoms with Crippen LogP contribution >= 0.6 is 0 Å². The van der Waals surface area contributed by atoms with Crippen LogP contribution in [-0.2, 0) is 11.2 Å². The lowest BCUT2D eigenvalue weighted by molar-refractivity contribution is -0.123. The minimum absolute atomic E-state index is 0.156. The van der Waals surface area contributed by atoms with E-state index in [2.05, 4.69) is 35.1 Å². The summed E-state index contributed by atoms with van der Waals surface area (Å²) >= 11 is 0. The highest BCUT2D eigenvalue weighted by molar-refractivity contribution is 5.78. The van der Waals surface area contributed by atoms with Gasteiger partial charge in [0.05, 0.1) is 6.54 Å². The van der Waals surface area contributed by atoms with Gasteiger partial charge in [0.1, 0.15) is 0 Å². The van der Waals surface area contributed by atoms with Crippen molar-refractivity contribution in [2.24, 2.45) is 0 Å². The molecule has 2 rings (SSSR count). The van der Waals surface area contributed by atoms with Gasteiger partial charge >= 0.3 is 0 Å². The third-order valence-corrected chi connectivity index (χ3v) is 4.97. The van der Waals surface area contributed by atoms with Gasteiger partial charge in [-0.05, 0) is 45.4 Å². The number of amides is 1. The van der Waals surface area contributed by atoms with Crippen LogP contribution in [0.15, 0.2) is 18.3 Å². The predicted octanol–water partition coefficient (Wildman–Crippen LogP) is 3.09. The summed E-state index contributed by atoms with van der Waals surface area (Å²) in [6, 6.07) is 4.73. The second kappa shape index (κ2) is 9.02. The molecule has 1 aromatic rings. The van der Waals surface area contributed by atoms with Crippen LogP contribution in [0.25, 0.3) is 0 Å². The Hall–Kier alpha value is -1.42. The van der Waals surface area contributed by atoms with Gasteiger partial charge in [0.15, 0.2) is 0 Å². The zero-order valence-electron chi connectivity index (χ0n) is 14.8. The monoisotopic (exact) mass is 317 g/mol. The third kappa shape index (κ3) is 5.94. The van der Waals surface area contributed by atoms with Crippen LogP contribution in [0.4, 0.5) is 0 Å². The molecule has 0 saturated heterocycles. The molecule has 0 aromatic carbocycles. The molecule has 1 atom stereocenters. The molecule has 0 aliphatic heterocycles. The fraction of sp³-hybridized carbons (Fsp3) is 0.684. The first-order valence-corrected chi connectivity index (χ1v) is 8.96. The molecule has 0 radical (unpaired) electrons. The molecule has 1 aliphatic carbocycles. The Labute approximate surface area is 140 Å². The number of carbonyl (C=O) groups excluding carboxylic acids is 1. The lowest BCUT2D eigenvalue weighted by Gasteiger charge is -2.25. The van der Waals surface area contributed by atoms with Gasteiger partial charge in [0.2, 0.25) is 5.91 Å². The lowest BCUT2D eigenvalue weighted by atomic mass is 10.1. The number of hydrogen-bond acceptors (Lipinski definition) is 3. The number of likely N-dealkylation sites (N-methyl/N-ethyl adjacent to an activating group) is 1. The quantitative estimate of drug-likeness (QED) is 0.820. The molecule has 1 fully saturated rings. The van der Waals surface area contributed by atoms with Gasteiger partial charge in [-0.25, -0.2) is 0 Å². The van der Waals surface area contributed by atoms with Crippen molar-refractivity contribution in [1.82, 2.24) is 15.2 Å². The fourth-order valence-corrected chi connectivity index (χ4v) is 3.25. The normalized spacial score (nSPS) is 17.7. The average molecular weight is 317 g/mol. The highest BCUT2D eigenvalue weighted by atomic mass is 16.2. The van der Waals surface area contributed by atoms with Crippen LogP contribution in [0.1, 0.15) is 56.7 Å². The first kappa shape index (κ1) is 17.9. The van der Waals surface area contributed by atoms with E-state index < -0.39 is 0 Å². The van der Waals surface area contributed by atoms with E-state index in [9.17, 15) is 4.79 Å². The molecule has 128 valence electrons. The minimum Gasteiger partial charge on any atom is -0.352 e. The van der Waals surface area contributed by atoms with Gasteiger partial charge in [-0.2, -0.15) is 0 Å². The SMILES string of the molecule is Cc1cccnc1C[C@@H](C)N(C)CC(=O)NC1CCCCCC1. The molecule has 4 heteroatoms. The van der Waals surface area contributed by atoms with E-state index in [0.29, 0.717) is 18.6 Å². The van der Waals surface area contributed by atoms with Crippen LogP contribution in [0.3, 0.4) is 0 Å². The van der Waals surface area contributed by atoms with E-state index in [1.165, 1.54) is 31.2 Å². The maximum absolute atomic E-state index is 12.3. The molecule has 1 saturated carbocycles. The molecular weight excluding hydrogens is 286 g/mol. The van der Waals surface area contributed by atoms with E-state index in [1.807, 2.05) is 19.3 Å². The number of rotatable bonds is 6. The van der Waals surface area contributed by atoms with Crippen LogP contribution in [0.2, 0.25) is 0 Å². The Balaban J connectivity index is 1.79. The van der Waals surface area contributed by atoms with Gasteiger partial charge in [-0.3, -0.25) is 14.7 Å². The Bertz CT molecular complexity index is 495. The van der Waals surface area contributed by atoms with Gasteiger partial charge in [0.25, 0.3) is 0 Å². The van der Waals surface area contributed by atoms with Gasteiger partial charge in [-0.1, -0.05) is 31.7 Å². The maximum Gasteiger partial charge on any atom is 0.234 e. The lowest BCUT2D eigenvalue weighted by Crippen LogP contribution is -2.43.